The highest BCUT2D eigenvalue weighted by Gasteiger charge is 2.11. The molecule has 1 aromatic heterocycles. The van der Waals surface area contributed by atoms with Crippen LogP contribution < -0.4 is 10.5 Å². The number of thiazole rings is 1. The molecule has 2 aromatic carbocycles. The van der Waals surface area contributed by atoms with Crippen LogP contribution in [0.15, 0.2) is 47.3 Å². The van der Waals surface area contributed by atoms with E-state index < -0.39 is 0 Å². The van der Waals surface area contributed by atoms with Gasteiger partial charge in [-0.2, -0.15) is 0 Å². The maximum Gasteiger partial charge on any atom is 0.131 e. The summed E-state index contributed by atoms with van der Waals surface area (Å²) in [4.78, 5) is 4.25. The number of nitrogens with zero attached hydrogens (tertiary/aromatic N) is 1. The van der Waals surface area contributed by atoms with Crippen molar-refractivity contribution in [2.24, 2.45) is 5.73 Å². The summed E-state index contributed by atoms with van der Waals surface area (Å²) in [5.74, 6) is 0.902. The van der Waals surface area contributed by atoms with Gasteiger partial charge in [0.05, 0.1) is 11.2 Å². The molecule has 0 amide bonds. The van der Waals surface area contributed by atoms with Gasteiger partial charge < -0.3 is 10.5 Å². The molecule has 3 aromatic rings. The number of nitrogens with two attached hydrogens (primary N) is 1. The van der Waals surface area contributed by atoms with Gasteiger partial charge in [0.25, 0.3) is 0 Å². The van der Waals surface area contributed by atoms with E-state index in [9.17, 15) is 0 Å². The van der Waals surface area contributed by atoms with Gasteiger partial charge in [0.1, 0.15) is 12.4 Å². The van der Waals surface area contributed by atoms with Gasteiger partial charge in [-0.1, -0.05) is 30.3 Å². The minimum Gasteiger partial charge on any atom is -0.487 e. The number of hydrogen-bond acceptors (Lipinski definition) is 4. The molecule has 2 N–H and O–H groups in total. The molecule has 4 heteroatoms. The van der Waals surface area contributed by atoms with Gasteiger partial charge in [0.15, 0.2) is 0 Å². The predicted octanol–water partition coefficient (Wildman–Crippen LogP) is 3.77. The molecule has 3 nitrogen and oxygen atoms in total. The second-order valence-electron chi connectivity index (χ2n) is 5.21. The largest absolute Gasteiger partial charge is 0.487 e. The molecule has 108 valence electrons. The number of rotatable bonds is 5. The Morgan fingerprint density at radius 3 is 2.86 bits per heavy atom. The van der Waals surface area contributed by atoms with Gasteiger partial charge in [-0.05, 0) is 30.2 Å². The summed E-state index contributed by atoms with van der Waals surface area (Å²) in [6, 6.07) is 12.6. The average Bonchev–Trinajstić information content (AvgIpc) is 2.99. The minimum absolute atomic E-state index is 0.0948. The summed E-state index contributed by atoms with van der Waals surface area (Å²) < 4.78 is 5.98. The average molecular weight is 298 g/mol. The fourth-order valence-electron chi connectivity index (χ4n) is 2.44. The van der Waals surface area contributed by atoms with Crippen LogP contribution in [0.25, 0.3) is 10.8 Å². The van der Waals surface area contributed by atoms with E-state index in [1.165, 1.54) is 16.3 Å². The van der Waals surface area contributed by atoms with E-state index in [0.717, 1.165) is 17.9 Å². The molecular weight excluding hydrogens is 280 g/mol. The molecule has 1 heterocycles. The Morgan fingerprint density at radius 1 is 1.24 bits per heavy atom. The number of ether oxygens (including phenoxy) is 1. The molecule has 0 aliphatic carbocycles. The first-order chi connectivity index (χ1) is 10.2. The summed E-state index contributed by atoms with van der Waals surface area (Å²) in [7, 11) is 0. The first kappa shape index (κ1) is 14.0. The molecule has 21 heavy (non-hydrogen) atoms. The maximum absolute atomic E-state index is 6.01. The van der Waals surface area contributed by atoms with Crippen molar-refractivity contribution in [2.75, 3.05) is 0 Å². The van der Waals surface area contributed by atoms with Crippen molar-refractivity contribution in [1.82, 2.24) is 4.98 Å². The predicted molar refractivity (Wildman–Crippen MR) is 87.7 cm³/mol. The Kier molecular flexibility index (Phi) is 4.18. The lowest BCUT2D eigenvalue weighted by molar-refractivity contribution is 0.299. The molecule has 0 fully saturated rings. The number of aromatic nitrogens is 1. The van der Waals surface area contributed by atoms with Gasteiger partial charge in [0.2, 0.25) is 0 Å². The van der Waals surface area contributed by atoms with Crippen molar-refractivity contribution in [3.05, 3.63) is 58.5 Å². The fraction of sp³-hybridized carbons (Fsp3) is 0.235. The molecule has 3 rings (SSSR count). The van der Waals surface area contributed by atoms with E-state index in [2.05, 4.69) is 29.2 Å². The molecular formula is C17H18N2OS. The van der Waals surface area contributed by atoms with E-state index in [1.807, 2.05) is 29.9 Å². The SMILES string of the molecule is CC(N)Cc1c(OCc2cscn2)ccc2ccccc12. The van der Waals surface area contributed by atoms with Gasteiger partial charge >= 0.3 is 0 Å². The number of hydrogen-bond donors (Lipinski definition) is 1. The molecule has 1 atom stereocenters. The van der Waals surface area contributed by atoms with E-state index in [-0.39, 0.29) is 6.04 Å². The number of fused-ring (bicyclic) bond motifs is 1. The molecule has 0 saturated heterocycles. The lowest BCUT2D eigenvalue weighted by Crippen LogP contribution is -2.18. The van der Waals surface area contributed by atoms with Crippen LogP contribution in [0.4, 0.5) is 0 Å². The van der Waals surface area contributed by atoms with Crippen molar-refractivity contribution >= 4 is 22.1 Å². The van der Waals surface area contributed by atoms with Crippen LogP contribution in [0.3, 0.4) is 0 Å². The fourth-order valence-corrected chi connectivity index (χ4v) is 2.99. The van der Waals surface area contributed by atoms with Gasteiger partial charge in [-0.25, -0.2) is 4.98 Å². The van der Waals surface area contributed by atoms with Crippen molar-refractivity contribution in [3.63, 3.8) is 0 Å². The molecule has 0 aliphatic rings. The van der Waals surface area contributed by atoms with Crippen molar-refractivity contribution in [2.45, 2.75) is 26.0 Å². The second kappa shape index (κ2) is 6.24. The molecule has 0 radical (unpaired) electrons. The topological polar surface area (TPSA) is 48.1 Å². The Hall–Kier alpha value is -1.91. The van der Waals surface area contributed by atoms with Crippen LogP contribution in [0.1, 0.15) is 18.2 Å². The normalized spacial score (nSPS) is 12.5. The van der Waals surface area contributed by atoms with Crippen LogP contribution in [-0.2, 0) is 13.0 Å². The lowest BCUT2D eigenvalue weighted by Gasteiger charge is -2.15. The summed E-state index contributed by atoms with van der Waals surface area (Å²) in [6.45, 7) is 2.51. The zero-order valence-electron chi connectivity index (χ0n) is 12.0. The van der Waals surface area contributed by atoms with Crippen LogP contribution in [0.2, 0.25) is 0 Å². The van der Waals surface area contributed by atoms with Gasteiger partial charge in [-0.3, -0.25) is 0 Å². The summed E-state index contributed by atoms with van der Waals surface area (Å²) >= 11 is 1.58. The van der Waals surface area contributed by atoms with E-state index in [1.54, 1.807) is 11.3 Å². The monoisotopic (exact) mass is 298 g/mol. The maximum atomic E-state index is 6.01. The molecule has 1 unspecified atom stereocenters. The molecule has 0 bridgehead atoms. The Morgan fingerprint density at radius 2 is 2.10 bits per heavy atom. The Balaban J connectivity index is 1.96. The summed E-state index contributed by atoms with van der Waals surface area (Å²) in [5, 5.41) is 4.44. The summed E-state index contributed by atoms with van der Waals surface area (Å²) in [5.41, 5.74) is 9.97. The second-order valence-corrected chi connectivity index (χ2v) is 5.93. The lowest BCUT2D eigenvalue weighted by atomic mass is 9.98. The van der Waals surface area contributed by atoms with E-state index >= 15 is 0 Å². The summed E-state index contributed by atoms with van der Waals surface area (Å²) in [6.07, 6.45) is 0.799. The molecule has 0 aliphatic heterocycles. The zero-order chi connectivity index (χ0) is 14.7. The molecule has 0 spiro atoms. The third kappa shape index (κ3) is 3.23. The van der Waals surface area contributed by atoms with Crippen LogP contribution in [-0.4, -0.2) is 11.0 Å². The first-order valence-corrected chi connectivity index (χ1v) is 7.94. The van der Waals surface area contributed by atoms with Crippen LogP contribution >= 0.6 is 11.3 Å². The van der Waals surface area contributed by atoms with Gasteiger partial charge in [0, 0.05) is 17.0 Å². The van der Waals surface area contributed by atoms with Crippen molar-refractivity contribution < 1.29 is 4.74 Å². The van der Waals surface area contributed by atoms with E-state index in [0.29, 0.717) is 6.61 Å². The highest BCUT2D eigenvalue weighted by molar-refractivity contribution is 7.07. The zero-order valence-corrected chi connectivity index (χ0v) is 12.8. The third-order valence-corrected chi connectivity index (χ3v) is 4.02. The minimum atomic E-state index is 0.0948. The standard InChI is InChI=1S/C17H18N2OS/c1-12(18)8-16-15-5-3-2-4-13(15)6-7-17(16)20-9-14-10-21-11-19-14/h2-7,10-12H,8-9,18H2,1H3. The Labute approximate surface area is 128 Å². The quantitative estimate of drug-likeness (QED) is 0.780. The third-order valence-electron chi connectivity index (χ3n) is 3.38. The first-order valence-electron chi connectivity index (χ1n) is 7.00. The van der Waals surface area contributed by atoms with Crippen molar-refractivity contribution in [1.29, 1.82) is 0 Å². The van der Waals surface area contributed by atoms with E-state index in [4.69, 9.17) is 10.5 Å². The highest BCUT2D eigenvalue weighted by atomic mass is 32.1. The van der Waals surface area contributed by atoms with Crippen LogP contribution in [0, 0.1) is 0 Å². The van der Waals surface area contributed by atoms with Gasteiger partial charge in [-0.15, -0.1) is 11.3 Å². The number of benzene rings is 2. The highest BCUT2D eigenvalue weighted by Crippen LogP contribution is 2.29. The van der Waals surface area contributed by atoms with Crippen molar-refractivity contribution in [3.8, 4) is 5.75 Å². The smallest absolute Gasteiger partial charge is 0.131 e. The Bertz CT molecular complexity index is 723. The van der Waals surface area contributed by atoms with Crippen LogP contribution in [0.5, 0.6) is 5.75 Å². The molecule has 0 saturated carbocycles.